The maximum absolute atomic E-state index is 12.1. The third-order valence-electron chi connectivity index (χ3n) is 2.48. The van der Waals surface area contributed by atoms with Crippen molar-refractivity contribution < 1.29 is 9.53 Å². The second-order valence-corrected chi connectivity index (χ2v) is 5.58. The van der Waals surface area contributed by atoms with Crippen LogP contribution < -0.4 is 4.74 Å². The number of aryl methyl sites for hydroxylation is 1. The number of halogens is 1. The molecular weight excluding hydrogens is 330 g/mol. The zero-order valence-electron chi connectivity index (χ0n) is 10.5. The van der Waals surface area contributed by atoms with Gasteiger partial charge in [-0.25, -0.2) is 0 Å². The van der Waals surface area contributed by atoms with Gasteiger partial charge in [-0.1, -0.05) is 11.8 Å². The van der Waals surface area contributed by atoms with E-state index in [0.717, 1.165) is 9.63 Å². The molecule has 0 saturated heterocycles. The van der Waals surface area contributed by atoms with Crippen molar-refractivity contribution in [3.63, 3.8) is 0 Å². The molecule has 0 saturated carbocycles. The van der Waals surface area contributed by atoms with Gasteiger partial charge in [0.25, 0.3) is 0 Å². The molecule has 0 fully saturated rings. The molecule has 19 heavy (non-hydrogen) atoms. The van der Waals surface area contributed by atoms with Gasteiger partial charge in [-0.15, -0.1) is 10.2 Å². The quantitative estimate of drug-likeness (QED) is 0.617. The summed E-state index contributed by atoms with van der Waals surface area (Å²) in [6.45, 7) is 0. The number of methoxy groups -OCH3 is 1. The lowest BCUT2D eigenvalue weighted by atomic mass is 10.1. The zero-order chi connectivity index (χ0) is 13.8. The van der Waals surface area contributed by atoms with Crippen molar-refractivity contribution in [3.8, 4) is 5.75 Å². The Hall–Kier alpha value is -1.34. The fourth-order valence-electron chi connectivity index (χ4n) is 1.46. The van der Waals surface area contributed by atoms with Crippen LogP contribution in [0.4, 0.5) is 0 Å². The van der Waals surface area contributed by atoms with Crippen LogP contribution in [0.25, 0.3) is 0 Å². The Balaban J connectivity index is 2.04. The molecule has 0 aliphatic carbocycles. The monoisotopic (exact) mass is 341 g/mol. The second-order valence-electron chi connectivity index (χ2n) is 3.79. The van der Waals surface area contributed by atoms with E-state index in [1.807, 2.05) is 7.05 Å². The van der Waals surface area contributed by atoms with Gasteiger partial charge in [-0.3, -0.25) is 4.79 Å². The van der Waals surface area contributed by atoms with E-state index in [0.29, 0.717) is 17.1 Å². The molecule has 0 unspecified atom stereocenters. The molecule has 0 aliphatic heterocycles. The molecule has 0 spiro atoms. The highest BCUT2D eigenvalue weighted by Gasteiger charge is 2.11. The lowest BCUT2D eigenvalue weighted by Crippen LogP contribution is -2.04. The lowest BCUT2D eigenvalue weighted by molar-refractivity contribution is 0.102. The molecule has 0 aliphatic rings. The average Bonchev–Trinajstić information content (AvgIpc) is 2.81. The maximum atomic E-state index is 12.1. The minimum Gasteiger partial charge on any atom is -0.496 e. The normalized spacial score (nSPS) is 10.5. The molecule has 0 atom stereocenters. The van der Waals surface area contributed by atoms with Crippen LogP contribution in [-0.2, 0) is 7.05 Å². The van der Waals surface area contributed by atoms with Crippen LogP contribution in [0.5, 0.6) is 5.75 Å². The van der Waals surface area contributed by atoms with Gasteiger partial charge in [0, 0.05) is 12.6 Å². The Morgan fingerprint density at radius 2 is 2.32 bits per heavy atom. The third-order valence-corrected chi connectivity index (χ3v) is 4.13. The SMILES string of the molecule is COc1ccc(C(=O)CSc2nncn2C)cc1Br. The summed E-state index contributed by atoms with van der Waals surface area (Å²) < 4.78 is 7.68. The first-order valence-corrected chi connectivity index (χ1v) is 7.23. The first-order valence-electron chi connectivity index (χ1n) is 5.45. The number of ketones is 1. The molecule has 0 radical (unpaired) electrons. The molecule has 2 rings (SSSR count). The van der Waals surface area contributed by atoms with Crippen LogP contribution in [0.1, 0.15) is 10.4 Å². The standard InChI is InChI=1S/C12H12BrN3O2S/c1-16-7-14-15-12(16)19-6-10(17)8-3-4-11(18-2)9(13)5-8/h3-5,7H,6H2,1-2H3. The van der Waals surface area contributed by atoms with Crippen LogP contribution in [0.15, 0.2) is 34.2 Å². The zero-order valence-corrected chi connectivity index (χ0v) is 12.9. The van der Waals surface area contributed by atoms with Crippen molar-refractivity contribution in [2.75, 3.05) is 12.9 Å². The third kappa shape index (κ3) is 3.36. The Labute approximate surface area is 123 Å². The highest BCUT2D eigenvalue weighted by Crippen LogP contribution is 2.26. The number of aromatic nitrogens is 3. The van der Waals surface area contributed by atoms with Gasteiger partial charge in [0.1, 0.15) is 12.1 Å². The Bertz CT molecular complexity index is 600. The van der Waals surface area contributed by atoms with E-state index >= 15 is 0 Å². The van der Waals surface area contributed by atoms with Crippen LogP contribution in [0.3, 0.4) is 0 Å². The molecule has 0 N–H and O–H groups in total. The van der Waals surface area contributed by atoms with Crippen molar-refractivity contribution >= 4 is 33.5 Å². The smallest absolute Gasteiger partial charge is 0.191 e. The van der Waals surface area contributed by atoms with E-state index in [1.54, 1.807) is 36.2 Å². The van der Waals surface area contributed by atoms with Crippen molar-refractivity contribution in [1.82, 2.24) is 14.8 Å². The van der Waals surface area contributed by atoms with Crippen molar-refractivity contribution in [1.29, 1.82) is 0 Å². The summed E-state index contributed by atoms with van der Waals surface area (Å²) in [6.07, 6.45) is 1.61. The number of benzene rings is 1. The van der Waals surface area contributed by atoms with Gasteiger partial charge in [0.15, 0.2) is 10.9 Å². The Kier molecular flexibility index (Phi) is 4.60. The molecule has 1 heterocycles. The van der Waals surface area contributed by atoms with Crippen molar-refractivity contribution in [3.05, 3.63) is 34.6 Å². The van der Waals surface area contributed by atoms with E-state index in [-0.39, 0.29) is 5.78 Å². The minimum absolute atomic E-state index is 0.0383. The number of carbonyl (C=O) groups is 1. The molecule has 1 aromatic carbocycles. The van der Waals surface area contributed by atoms with E-state index in [4.69, 9.17) is 4.74 Å². The van der Waals surface area contributed by atoms with Gasteiger partial charge >= 0.3 is 0 Å². The number of thioether (sulfide) groups is 1. The number of ether oxygens (including phenoxy) is 1. The van der Waals surface area contributed by atoms with E-state index in [2.05, 4.69) is 26.1 Å². The molecular formula is C12H12BrN3O2S. The number of hydrogen-bond donors (Lipinski definition) is 0. The van der Waals surface area contributed by atoms with Crippen LogP contribution in [0, 0.1) is 0 Å². The van der Waals surface area contributed by atoms with Crippen molar-refractivity contribution in [2.45, 2.75) is 5.16 Å². The number of carbonyl (C=O) groups excluding carboxylic acids is 1. The molecule has 2 aromatic rings. The number of Topliss-reactive ketones (excluding diaryl/α,β-unsaturated/α-hetero) is 1. The van der Waals surface area contributed by atoms with Gasteiger partial charge < -0.3 is 9.30 Å². The Morgan fingerprint density at radius 3 is 2.89 bits per heavy atom. The molecule has 0 bridgehead atoms. The predicted molar refractivity (Wildman–Crippen MR) is 76.8 cm³/mol. The average molecular weight is 342 g/mol. The van der Waals surface area contributed by atoms with Crippen molar-refractivity contribution in [2.24, 2.45) is 7.05 Å². The highest BCUT2D eigenvalue weighted by molar-refractivity contribution is 9.10. The van der Waals surface area contributed by atoms with Gasteiger partial charge in [0.2, 0.25) is 0 Å². The largest absolute Gasteiger partial charge is 0.496 e. The number of nitrogens with zero attached hydrogens (tertiary/aromatic N) is 3. The summed E-state index contributed by atoms with van der Waals surface area (Å²) in [5.41, 5.74) is 0.641. The van der Waals surface area contributed by atoms with Crippen LogP contribution in [0.2, 0.25) is 0 Å². The van der Waals surface area contributed by atoms with Crippen LogP contribution in [-0.4, -0.2) is 33.4 Å². The Morgan fingerprint density at radius 1 is 1.53 bits per heavy atom. The summed E-state index contributed by atoms with van der Waals surface area (Å²) in [7, 11) is 3.43. The van der Waals surface area contributed by atoms with E-state index in [1.165, 1.54) is 11.8 Å². The lowest BCUT2D eigenvalue weighted by Gasteiger charge is -2.05. The second kappa shape index (κ2) is 6.21. The van der Waals surface area contributed by atoms with Gasteiger partial charge in [0.05, 0.1) is 17.3 Å². The van der Waals surface area contributed by atoms with Gasteiger partial charge in [-0.05, 0) is 34.1 Å². The summed E-state index contributed by atoms with van der Waals surface area (Å²) >= 11 is 4.73. The van der Waals surface area contributed by atoms with E-state index < -0.39 is 0 Å². The highest BCUT2D eigenvalue weighted by atomic mass is 79.9. The van der Waals surface area contributed by atoms with Crippen LogP contribution >= 0.6 is 27.7 Å². The maximum Gasteiger partial charge on any atom is 0.191 e. The minimum atomic E-state index is 0.0383. The summed E-state index contributed by atoms with van der Waals surface area (Å²) in [4.78, 5) is 12.1. The summed E-state index contributed by atoms with van der Waals surface area (Å²) in [5.74, 6) is 1.07. The molecule has 1 aromatic heterocycles. The molecule has 7 heteroatoms. The fraction of sp³-hybridized carbons (Fsp3) is 0.250. The topological polar surface area (TPSA) is 57.0 Å². The fourth-order valence-corrected chi connectivity index (χ4v) is 2.78. The summed E-state index contributed by atoms with van der Waals surface area (Å²) in [5, 5.41) is 8.41. The van der Waals surface area contributed by atoms with Gasteiger partial charge in [-0.2, -0.15) is 0 Å². The first kappa shape index (κ1) is 14.1. The number of rotatable bonds is 5. The molecule has 100 valence electrons. The molecule has 0 amide bonds. The first-order chi connectivity index (χ1) is 9.11. The number of hydrogen-bond acceptors (Lipinski definition) is 5. The van der Waals surface area contributed by atoms with E-state index in [9.17, 15) is 4.79 Å². The summed E-state index contributed by atoms with van der Waals surface area (Å²) in [6, 6.07) is 5.28. The predicted octanol–water partition coefficient (Wildman–Crippen LogP) is 2.56. The molecule has 5 nitrogen and oxygen atoms in total.